The highest BCUT2D eigenvalue weighted by Crippen LogP contribution is 2.19. The fourth-order valence-corrected chi connectivity index (χ4v) is 4.41. The molecule has 0 aliphatic heterocycles. The van der Waals surface area contributed by atoms with E-state index in [1.54, 1.807) is 32.2 Å². The van der Waals surface area contributed by atoms with Crippen molar-refractivity contribution in [3.63, 3.8) is 0 Å². The van der Waals surface area contributed by atoms with Crippen LogP contribution >= 0.6 is 11.6 Å². The lowest BCUT2D eigenvalue weighted by Crippen LogP contribution is -2.51. The largest absolute Gasteiger partial charge is 0.497 e. The molecule has 10 heteroatoms. The third-order valence-corrected chi connectivity index (χ3v) is 7.60. The summed E-state index contributed by atoms with van der Waals surface area (Å²) in [6.07, 6.45) is 0.740. The molecule has 2 rings (SSSR count). The van der Waals surface area contributed by atoms with Crippen molar-refractivity contribution in [3.8, 4) is 5.75 Å². The molecule has 2 aromatic rings. The van der Waals surface area contributed by atoms with Crippen molar-refractivity contribution < 1.29 is 22.7 Å². The van der Waals surface area contributed by atoms with Gasteiger partial charge in [0.05, 0.1) is 18.6 Å². The predicted octanol–water partition coefficient (Wildman–Crippen LogP) is 3.30. The summed E-state index contributed by atoms with van der Waals surface area (Å²) in [6.45, 7) is 5.13. The normalized spacial score (nSPS) is 13.3. The van der Waals surface area contributed by atoms with Crippen LogP contribution in [0.4, 0.5) is 0 Å². The maximum absolute atomic E-state index is 13.3. The molecule has 2 amide bonds. The monoisotopic (exact) mass is 509 g/mol. The lowest BCUT2D eigenvalue weighted by Gasteiger charge is -2.31. The highest BCUT2D eigenvalue weighted by molar-refractivity contribution is 7.89. The second-order valence-corrected chi connectivity index (χ2v) is 10.6. The molecule has 186 valence electrons. The number of amides is 2. The molecule has 0 bridgehead atoms. The van der Waals surface area contributed by atoms with Gasteiger partial charge in [-0.15, -0.1) is 0 Å². The summed E-state index contributed by atoms with van der Waals surface area (Å²) < 4.78 is 32.1. The zero-order chi connectivity index (χ0) is 25.5. The van der Waals surface area contributed by atoms with Crippen molar-refractivity contribution >= 4 is 33.4 Å². The molecule has 0 aromatic heterocycles. The van der Waals surface area contributed by atoms with Gasteiger partial charge in [0.25, 0.3) is 0 Å². The topological polar surface area (TPSA) is 96.0 Å². The van der Waals surface area contributed by atoms with E-state index >= 15 is 0 Å². The summed E-state index contributed by atoms with van der Waals surface area (Å²) >= 11 is 5.86. The first-order chi connectivity index (χ1) is 16.0. The lowest BCUT2D eigenvalue weighted by atomic mass is 10.1. The summed E-state index contributed by atoms with van der Waals surface area (Å²) in [5.41, 5.74) is 0.749. The number of benzene rings is 2. The van der Waals surface area contributed by atoms with Gasteiger partial charge in [-0.2, -0.15) is 4.31 Å². The highest BCUT2D eigenvalue weighted by Gasteiger charge is 2.30. The second-order valence-electron chi connectivity index (χ2n) is 8.08. The van der Waals surface area contributed by atoms with Crippen LogP contribution in [-0.4, -0.2) is 62.2 Å². The molecular formula is C24H32ClN3O5S. The van der Waals surface area contributed by atoms with E-state index in [2.05, 4.69) is 5.32 Å². The summed E-state index contributed by atoms with van der Waals surface area (Å²) in [7, 11) is -1.06. The molecule has 0 unspecified atom stereocenters. The molecule has 34 heavy (non-hydrogen) atoms. The first-order valence-electron chi connectivity index (χ1n) is 10.9. The number of methoxy groups -OCH3 is 1. The van der Waals surface area contributed by atoms with Crippen LogP contribution in [0.15, 0.2) is 53.4 Å². The van der Waals surface area contributed by atoms with Crippen LogP contribution < -0.4 is 10.1 Å². The number of hydrogen-bond donors (Lipinski definition) is 1. The molecule has 0 saturated heterocycles. The van der Waals surface area contributed by atoms with E-state index in [9.17, 15) is 18.0 Å². The zero-order valence-electron chi connectivity index (χ0n) is 20.1. The van der Waals surface area contributed by atoms with Crippen molar-refractivity contribution in [3.05, 3.63) is 59.1 Å². The van der Waals surface area contributed by atoms with E-state index in [1.165, 1.54) is 36.2 Å². The second kappa shape index (κ2) is 12.2. The minimum Gasteiger partial charge on any atom is -0.497 e. The Morgan fingerprint density at radius 3 is 2.35 bits per heavy atom. The third kappa shape index (κ3) is 7.19. The Hall–Kier alpha value is -2.62. The Morgan fingerprint density at radius 1 is 1.12 bits per heavy atom. The predicted molar refractivity (Wildman–Crippen MR) is 132 cm³/mol. The Labute approximate surface area is 206 Å². The molecule has 0 fully saturated rings. The summed E-state index contributed by atoms with van der Waals surface area (Å²) in [5, 5.41) is 3.29. The smallest absolute Gasteiger partial charge is 0.243 e. The number of sulfonamides is 1. The summed E-state index contributed by atoms with van der Waals surface area (Å²) in [5.74, 6) is -0.201. The maximum atomic E-state index is 13.3. The van der Waals surface area contributed by atoms with Crippen LogP contribution in [0.25, 0.3) is 0 Å². The first-order valence-corrected chi connectivity index (χ1v) is 12.8. The highest BCUT2D eigenvalue weighted by atomic mass is 35.5. The van der Waals surface area contributed by atoms with Crippen molar-refractivity contribution in [2.75, 3.05) is 20.7 Å². The van der Waals surface area contributed by atoms with Gasteiger partial charge in [0.2, 0.25) is 21.8 Å². The molecular weight excluding hydrogens is 478 g/mol. The van der Waals surface area contributed by atoms with Crippen molar-refractivity contribution in [2.24, 2.45) is 0 Å². The van der Waals surface area contributed by atoms with E-state index in [4.69, 9.17) is 16.3 Å². The summed E-state index contributed by atoms with van der Waals surface area (Å²) in [4.78, 5) is 27.6. The molecule has 8 nitrogen and oxygen atoms in total. The van der Waals surface area contributed by atoms with E-state index < -0.39 is 28.5 Å². The maximum Gasteiger partial charge on any atom is 0.243 e. The minimum atomic E-state index is -3.93. The molecule has 0 radical (unpaired) electrons. The van der Waals surface area contributed by atoms with E-state index in [0.29, 0.717) is 10.8 Å². The SMILES string of the molecule is CC[C@@H](C)NC(=O)[C@H](C)N(Cc1cccc(OC)c1)C(=O)CN(C)S(=O)(=O)c1ccc(Cl)cc1. The third-order valence-electron chi connectivity index (χ3n) is 5.54. The quantitative estimate of drug-likeness (QED) is 0.501. The lowest BCUT2D eigenvalue weighted by molar-refractivity contribution is -0.140. The van der Waals surface area contributed by atoms with Gasteiger partial charge in [-0.3, -0.25) is 9.59 Å². The molecule has 2 aromatic carbocycles. The Balaban J connectivity index is 2.29. The number of hydrogen-bond acceptors (Lipinski definition) is 5. The summed E-state index contributed by atoms with van der Waals surface area (Å²) in [6, 6.07) is 12.0. The van der Waals surface area contributed by atoms with Gasteiger partial charge in [-0.1, -0.05) is 30.7 Å². The number of halogens is 1. The number of carbonyl (C=O) groups is 2. The number of nitrogens with one attached hydrogen (secondary N) is 1. The van der Waals surface area contributed by atoms with Crippen LogP contribution in [0.3, 0.4) is 0 Å². The van der Waals surface area contributed by atoms with Crippen molar-refractivity contribution in [2.45, 2.75) is 50.7 Å². The fourth-order valence-electron chi connectivity index (χ4n) is 3.17. The molecule has 0 saturated carbocycles. The number of rotatable bonds is 11. The van der Waals surface area contributed by atoms with Crippen LogP contribution in [0.2, 0.25) is 5.02 Å². The minimum absolute atomic E-state index is 0.0223. The Bertz CT molecular complexity index is 1090. The van der Waals surface area contributed by atoms with Gasteiger partial charge in [0.1, 0.15) is 11.8 Å². The molecule has 0 aliphatic rings. The van der Waals surface area contributed by atoms with E-state index in [1.807, 2.05) is 19.9 Å². The molecule has 2 atom stereocenters. The van der Waals surface area contributed by atoms with Crippen LogP contribution in [0.1, 0.15) is 32.8 Å². The number of likely N-dealkylation sites (N-methyl/N-ethyl adjacent to an activating group) is 1. The molecule has 0 aliphatic carbocycles. The Morgan fingerprint density at radius 2 is 1.76 bits per heavy atom. The average Bonchev–Trinajstić information content (AvgIpc) is 2.82. The van der Waals surface area contributed by atoms with Gasteiger partial charge >= 0.3 is 0 Å². The number of carbonyl (C=O) groups excluding carboxylic acids is 2. The fraction of sp³-hybridized carbons (Fsp3) is 0.417. The van der Waals surface area contributed by atoms with Gasteiger partial charge in [-0.05, 0) is 62.2 Å². The van der Waals surface area contributed by atoms with Gasteiger partial charge in [0.15, 0.2) is 0 Å². The zero-order valence-corrected chi connectivity index (χ0v) is 21.7. The molecule has 0 heterocycles. The number of ether oxygens (including phenoxy) is 1. The number of nitrogens with zero attached hydrogens (tertiary/aromatic N) is 2. The van der Waals surface area contributed by atoms with Gasteiger partial charge < -0.3 is 15.0 Å². The van der Waals surface area contributed by atoms with Crippen LogP contribution in [-0.2, 0) is 26.2 Å². The van der Waals surface area contributed by atoms with Gasteiger partial charge in [-0.25, -0.2) is 8.42 Å². The van der Waals surface area contributed by atoms with Crippen LogP contribution in [0, 0.1) is 0 Å². The van der Waals surface area contributed by atoms with Crippen molar-refractivity contribution in [1.29, 1.82) is 0 Å². The standard InChI is InChI=1S/C24H32ClN3O5S/c1-6-17(2)26-24(30)18(3)28(15-19-8-7-9-21(14-19)33-5)23(29)16-27(4)34(31,32)22-12-10-20(25)11-13-22/h7-14,17-18H,6,15-16H2,1-5H3,(H,26,30)/t17-,18+/m1/s1. The Kier molecular flexibility index (Phi) is 9.90. The van der Waals surface area contributed by atoms with Gasteiger partial charge in [0, 0.05) is 24.7 Å². The van der Waals surface area contributed by atoms with Crippen LogP contribution in [0.5, 0.6) is 5.75 Å². The molecule has 1 N–H and O–H groups in total. The van der Waals surface area contributed by atoms with Crippen molar-refractivity contribution in [1.82, 2.24) is 14.5 Å². The molecule has 0 spiro atoms. The first kappa shape index (κ1) is 27.6. The average molecular weight is 510 g/mol. The van der Waals surface area contributed by atoms with E-state index in [-0.39, 0.29) is 23.4 Å². The van der Waals surface area contributed by atoms with E-state index in [0.717, 1.165) is 16.3 Å².